The Morgan fingerprint density at radius 1 is 1.07 bits per heavy atom. The molecule has 0 fully saturated rings. The van der Waals surface area contributed by atoms with E-state index in [1.807, 2.05) is 0 Å². The van der Waals surface area contributed by atoms with Gasteiger partial charge in [-0.3, -0.25) is 4.79 Å². The van der Waals surface area contributed by atoms with Gasteiger partial charge in [0.15, 0.2) is 0 Å². The van der Waals surface area contributed by atoms with Crippen LogP contribution in [0.3, 0.4) is 0 Å². The van der Waals surface area contributed by atoms with Crippen molar-refractivity contribution in [2.45, 2.75) is 24.9 Å². The van der Waals surface area contributed by atoms with Crippen molar-refractivity contribution < 1.29 is 49.8 Å². The van der Waals surface area contributed by atoms with Gasteiger partial charge in [0.25, 0.3) is 0 Å². The number of alkyl halides is 7. The minimum Gasteiger partial charge on any atom is -0.478 e. The van der Waals surface area contributed by atoms with Gasteiger partial charge in [-0.1, -0.05) is 6.07 Å². The second-order valence-electron chi connectivity index (χ2n) is 5.88. The van der Waals surface area contributed by atoms with Crippen LogP contribution in [-0.4, -0.2) is 41.2 Å². The Balaban J connectivity index is 2.17. The zero-order valence-electron chi connectivity index (χ0n) is 14.7. The molecule has 0 spiro atoms. The molecule has 6 nitrogen and oxygen atoms in total. The molecule has 0 saturated carbocycles. The SMILES string of the molecule is Cc1ccc(C(=O)O)cc1-c1ccc(/C=N\NC(=O)C(F)(F)C(F)(F)C(F)(F)F)o1. The molecule has 2 N–H and O–H groups in total. The minimum atomic E-state index is -6.66. The van der Waals surface area contributed by atoms with Crippen LogP contribution in [0.4, 0.5) is 30.7 Å². The fourth-order valence-corrected chi connectivity index (χ4v) is 2.13. The van der Waals surface area contributed by atoms with E-state index in [2.05, 4.69) is 5.10 Å². The highest BCUT2D eigenvalue weighted by Gasteiger charge is 2.76. The first-order chi connectivity index (χ1) is 13.7. The number of halogens is 7. The zero-order valence-corrected chi connectivity index (χ0v) is 14.7. The van der Waals surface area contributed by atoms with Crippen LogP contribution in [0.15, 0.2) is 39.9 Å². The largest absolute Gasteiger partial charge is 0.478 e. The van der Waals surface area contributed by atoms with E-state index in [0.717, 1.165) is 5.43 Å². The number of carboxylic acid groups (broad SMARTS) is 1. The number of hydrazone groups is 1. The van der Waals surface area contributed by atoms with Gasteiger partial charge in [-0.25, -0.2) is 10.2 Å². The first kappa shape index (κ1) is 22.9. The van der Waals surface area contributed by atoms with Crippen molar-refractivity contribution in [2.24, 2.45) is 5.10 Å². The summed E-state index contributed by atoms with van der Waals surface area (Å²) >= 11 is 0. The molecule has 2 rings (SSSR count). The lowest BCUT2D eigenvalue weighted by Crippen LogP contribution is -2.58. The van der Waals surface area contributed by atoms with E-state index in [1.165, 1.54) is 30.3 Å². The normalized spacial score (nSPS) is 12.9. The second-order valence-corrected chi connectivity index (χ2v) is 5.88. The molecule has 0 bridgehead atoms. The van der Waals surface area contributed by atoms with Gasteiger partial charge in [0, 0.05) is 5.56 Å². The van der Waals surface area contributed by atoms with E-state index >= 15 is 0 Å². The van der Waals surface area contributed by atoms with Crippen molar-refractivity contribution >= 4 is 18.1 Å². The molecule has 0 unspecified atom stereocenters. The monoisotopic (exact) mass is 440 g/mol. The Bertz CT molecular complexity index is 996. The highest BCUT2D eigenvalue weighted by atomic mass is 19.4. The number of rotatable bonds is 6. The average molecular weight is 440 g/mol. The standard InChI is InChI=1S/C17H11F7N2O4/c1-8-2-3-9(13(27)28)6-11(8)12-5-4-10(30-12)7-25-26-14(29)15(18,19)16(20,21)17(22,23)24/h2-7H,1H3,(H,26,29)(H,27,28)/b25-7-. The fraction of sp³-hybridized carbons (Fsp3) is 0.235. The minimum absolute atomic E-state index is 0.0534. The number of carboxylic acids is 1. The molecule has 1 aromatic carbocycles. The highest BCUT2D eigenvalue weighted by Crippen LogP contribution is 2.46. The van der Waals surface area contributed by atoms with Gasteiger partial charge < -0.3 is 9.52 Å². The maximum absolute atomic E-state index is 13.2. The van der Waals surface area contributed by atoms with E-state index in [0.29, 0.717) is 17.3 Å². The smallest absolute Gasteiger partial charge is 0.460 e. The fourth-order valence-electron chi connectivity index (χ4n) is 2.13. The molecular weight excluding hydrogens is 429 g/mol. The number of nitrogens with one attached hydrogen (secondary N) is 1. The molecule has 1 heterocycles. The summed E-state index contributed by atoms with van der Waals surface area (Å²) in [4.78, 5) is 22.1. The van der Waals surface area contributed by atoms with E-state index in [-0.39, 0.29) is 17.1 Å². The Morgan fingerprint density at radius 2 is 1.70 bits per heavy atom. The summed E-state index contributed by atoms with van der Waals surface area (Å²) in [5.41, 5.74) is 1.81. The molecule has 13 heteroatoms. The van der Waals surface area contributed by atoms with Crippen LogP contribution >= 0.6 is 0 Å². The van der Waals surface area contributed by atoms with E-state index in [9.17, 15) is 40.3 Å². The molecule has 30 heavy (non-hydrogen) atoms. The summed E-state index contributed by atoms with van der Waals surface area (Å²) in [5.74, 6) is -17.0. The molecule has 1 amide bonds. The quantitative estimate of drug-likeness (QED) is 0.400. The summed E-state index contributed by atoms with van der Waals surface area (Å²) < 4.78 is 93.3. The summed E-state index contributed by atoms with van der Waals surface area (Å²) in [7, 11) is 0. The molecular formula is C17H11F7N2O4. The molecule has 162 valence electrons. The summed E-state index contributed by atoms with van der Waals surface area (Å²) in [5, 5.41) is 11.9. The van der Waals surface area contributed by atoms with Crippen molar-refractivity contribution in [1.29, 1.82) is 0 Å². The number of aryl methyl sites for hydroxylation is 1. The molecule has 0 aliphatic carbocycles. The lowest BCUT2D eigenvalue weighted by molar-refractivity contribution is -0.344. The van der Waals surface area contributed by atoms with Gasteiger partial charge in [0.1, 0.15) is 11.5 Å². The third-order valence-electron chi connectivity index (χ3n) is 3.77. The number of carbonyl (C=O) groups is 2. The topological polar surface area (TPSA) is 91.9 Å². The maximum atomic E-state index is 13.2. The number of furan rings is 1. The van der Waals surface area contributed by atoms with Crippen LogP contribution < -0.4 is 5.43 Å². The van der Waals surface area contributed by atoms with Crippen LogP contribution in [0, 0.1) is 6.92 Å². The van der Waals surface area contributed by atoms with Gasteiger partial charge in [0.2, 0.25) is 0 Å². The van der Waals surface area contributed by atoms with E-state index in [4.69, 9.17) is 9.52 Å². The van der Waals surface area contributed by atoms with Gasteiger partial charge in [0.05, 0.1) is 11.8 Å². The van der Waals surface area contributed by atoms with Crippen molar-refractivity contribution in [1.82, 2.24) is 5.43 Å². The third kappa shape index (κ3) is 4.28. The van der Waals surface area contributed by atoms with Gasteiger partial charge >= 0.3 is 29.9 Å². The van der Waals surface area contributed by atoms with Crippen LogP contribution in [-0.2, 0) is 4.79 Å². The third-order valence-corrected chi connectivity index (χ3v) is 3.77. The first-order valence-electron chi connectivity index (χ1n) is 7.78. The number of aromatic carboxylic acids is 1. The van der Waals surface area contributed by atoms with Gasteiger partial charge in [-0.05, 0) is 36.8 Å². The first-order valence-corrected chi connectivity index (χ1v) is 7.78. The lowest BCUT2D eigenvalue weighted by Gasteiger charge is -2.26. The molecule has 1 aromatic heterocycles. The molecule has 0 aliphatic heterocycles. The predicted molar refractivity (Wildman–Crippen MR) is 87.5 cm³/mol. The van der Waals surface area contributed by atoms with Crippen molar-refractivity contribution in [3.8, 4) is 11.3 Å². The predicted octanol–water partition coefficient (Wildman–Crippen LogP) is 4.24. The van der Waals surface area contributed by atoms with Gasteiger partial charge in [-0.2, -0.15) is 35.8 Å². The Kier molecular flexibility index (Phi) is 5.96. The van der Waals surface area contributed by atoms with Gasteiger partial charge in [-0.15, -0.1) is 0 Å². The van der Waals surface area contributed by atoms with E-state index < -0.39 is 29.9 Å². The highest BCUT2D eigenvalue weighted by molar-refractivity contribution is 5.90. The molecule has 0 saturated heterocycles. The zero-order chi connectivity index (χ0) is 22.9. The molecule has 0 radical (unpaired) electrons. The summed E-state index contributed by atoms with van der Waals surface area (Å²) in [6.07, 6.45) is -6.07. The molecule has 2 aromatic rings. The average Bonchev–Trinajstić information content (AvgIpc) is 3.09. The second kappa shape index (κ2) is 7.80. The number of benzene rings is 1. The van der Waals surface area contributed by atoms with Crippen molar-refractivity contribution in [3.63, 3.8) is 0 Å². The lowest BCUT2D eigenvalue weighted by atomic mass is 10.0. The molecule has 0 atom stereocenters. The summed E-state index contributed by atoms with van der Waals surface area (Å²) in [6, 6.07) is 6.68. The molecule has 0 aliphatic rings. The number of hydrogen-bond donors (Lipinski definition) is 2. The number of amides is 1. The van der Waals surface area contributed by atoms with Crippen molar-refractivity contribution in [2.75, 3.05) is 0 Å². The van der Waals surface area contributed by atoms with E-state index in [1.54, 1.807) is 6.92 Å². The Hall–Kier alpha value is -3.38. The van der Waals surface area contributed by atoms with Crippen LogP contribution in [0.2, 0.25) is 0 Å². The Morgan fingerprint density at radius 3 is 2.27 bits per heavy atom. The number of hydrogen-bond acceptors (Lipinski definition) is 4. The Labute approximate surface area is 163 Å². The van der Waals surface area contributed by atoms with Crippen molar-refractivity contribution in [3.05, 3.63) is 47.2 Å². The van der Waals surface area contributed by atoms with Crippen LogP contribution in [0.25, 0.3) is 11.3 Å². The summed E-state index contributed by atoms with van der Waals surface area (Å²) in [6.45, 7) is 1.64. The number of carbonyl (C=O) groups excluding carboxylic acids is 1. The van der Waals surface area contributed by atoms with Crippen LogP contribution in [0.1, 0.15) is 21.7 Å². The van der Waals surface area contributed by atoms with Crippen LogP contribution in [0.5, 0.6) is 0 Å². The number of nitrogens with zero attached hydrogens (tertiary/aromatic N) is 1. The maximum Gasteiger partial charge on any atom is 0.460 e.